The molecule has 0 bridgehead atoms. The van der Waals surface area contributed by atoms with E-state index in [-0.39, 0.29) is 0 Å². The minimum atomic E-state index is 1.14. The van der Waals surface area contributed by atoms with E-state index in [0.29, 0.717) is 0 Å². The van der Waals surface area contributed by atoms with Crippen LogP contribution >= 0.6 is 11.8 Å². The summed E-state index contributed by atoms with van der Waals surface area (Å²) >= 11 is 1.93. The van der Waals surface area contributed by atoms with Gasteiger partial charge in [-0.15, -0.1) is 11.8 Å². The van der Waals surface area contributed by atoms with E-state index < -0.39 is 0 Å². The monoisotopic (exact) mass is 198 g/mol. The molecule has 1 rings (SSSR count). The summed E-state index contributed by atoms with van der Waals surface area (Å²) in [6.07, 6.45) is 3.94. The summed E-state index contributed by atoms with van der Waals surface area (Å²) in [5, 5.41) is 7.18. The van der Waals surface area contributed by atoms with Crippen LogP contribution in [0.15, 0.2) is 4.90 Å². The van der Waals surface area contributed by atoms with Crippen LogP contribution in [0.1, 0.15) is 37.6 Å². The Kier molecular flexibility index (Phi) is 4.36. The quantitative estimate of drug-likeness (QED) is 0.581. The molecule has 13 heavy (non-hydrogen) atoms. The van der Waals surface area contributed by atoms with Gasteiger partial charge in [0.2, 0.25) is 0 Å². The van der Waals surface area contributed by atoms with Crippen molar-refractivity contribution in [1.82, 2.24) is 10.2 Å². The molecule has 0 atom stereocenters. The summed E-state index contributed by atoms with van der Waals surface area (Å²) in [5.74, 6) is 1.22. The van der Waals surface area contributed by atoms with Crippen molar-refractivity contribution < 1.29 is 0 Å². The van der Waals surface area contributed by atoms with Gasteiger partial charge in [-0.25, -0.2) is 0 Å². The maximum Gasteiger partial charge on any atom is 0.0729 e. The third-order valence-electron chi connectivity index (χ3n) is 2.05. The van der Waals surface area contributed by atoms with Crippen molar-refractivity contribution in [3.05, 3.63) is 11.4 Å². The Labute approximate surface area is 84.5 Å². The van der Waals surface area contributed by atoms with Crippen LogP contribution in [0.3, 0.4) is 0 Å². The van der Waals surface area contributed by atoms with Crippen molar-refractivity contribution >= 4 is 11.8 Å². The molecule has 0 saturated heterocycles. The zero-order chi connectivity index (χ0) is 9.68. The minimum Gasteiger partial charge on any atom is -0.281 e. The molecule has 0 unspecified atom stereocenters. The molecule has 1 N–H and O–H groups in total. The molecule has 0 aliphatic carbocycles. The minimum absolute atomic E-state index is 1.14. The molecular formula is C10H18N2S. The van der Waals surface area contributed by atoms with E-state index in [0.717, 1.165) is 5.69 Å². The van der Waals surface area contributed by atoms with Gasteiger partial charge in [0.05, 0.1) is 10.6 Å². The predicted octanol–water partition coefficient (Wildman–Crippen LogP) is 3.31. The molecule has 0 aliphatic rings. The number of hydrogen-bond acceptors (Lipinski definition) is 2. The van der Waals surface area contributed by atoms with Crippen molar-refractivity contribution in [2.75, 3.05) is 5.75 Å². The highest BCUT2D eigenvalue weighted by atomic mass is 32.2. The van der Waals surface area contributed by atoms with Crippen LogP contribution in [0.4, 0.5) is 0 Å². The molecule has 0 saturated carbocycles. The number of nitrogens with zero attached hydrogens (tertiary/aromatic N) is 1. The van der Waals surface area contributed by atoms with Gasteiger partial charge < -0.3 is 0 Å². The molecule has 1 heterocycles. The van der Waals surface area contributed by atoms with Crippen LogP contribution < -0.4 is 0 Å². The highest BCUT2D eigenvalue weighted by molar-refractivity contribution is 7.99. The van der Waals surface area contributed by atoms with Crippen molar-refractivity contribution in [2.45, 2.75) is 44.9 Å². The van der Waals surface area contributed by atoms with E-state index >= 15 is 0 Å². The van der Waals surface area contributed by atoms with Gasteiger partial charge in [0, 0.05) is 5.69 Å². The zero-order valence-electron chi connectivity index (χ0n) is 8.68. The fourth-order valence-corrected chi connectivity index (χ4v) is 2.35. The Morgan fingerprint density at radius 3 is 2.62 bits per heavy atom. The van der Waals surface area contributed by atoms with E-state index in [9.17, 15) is 0 Å². The van der Waals surface area contributed by atoms with Crippen LogP contribution in [-0.4, -0.2) is 16.0 Å². The van der Waals surface area contributed by atoms with Gasteiger partial charge in [0.25, 0.3) is 0 Å². The third kappa shape index (κ3) is 3.07. The number of thioether (sulfide) groups is 1. The number of unbranched alkanes of at least 4 members (excludes halogenated alkanes) is 2. The molecule has 74 valence electrons. The van der Waals surface area contributed by atoms with Crippen LogP contribution in [0.25, 0.3) is 0 Å². The van der Waals surface area contributed by atoms with Crippen molar-refractivity contribution in [1.29, 1.82) is 0 Å². The van der Waals surface area contributed by atoms with Crippen molar-refractivity contribution in [2.24, 2.45) is 0 Å². The van der Waals surface area contributed by atoms with Crippen molar-refractivity contribution in [3.63, 3.8) is 0 Å². The number of rotatable bonds is 5. The normalized spacial score (nSPS) is 10.7. The largest absolute Gasteiger partial charge is 0.281 e. The molecule has 0 spiro atoms. The molecule has 0 fully saturated rings. The predicted molar refractivity (Wildman–Crippen MR) is 58.3 cm³/mol. The lowest BCUT2D eigenvalue weighted by Gasteiger charge is -2.00. The van der Waals surface area contributed by atoms with Crippen LogP contribution in [0.2, 0.25) is 0 Å². The Hall–Kier alpha value is -0.440. The molecule has 0 aromatic carbocycles. The second kappa shape index (κ2) is 5.32. The first kappa shape index (κ1) is 10.6. The molecular weight excluding hydrogens is 180 g/mol. The second-order valence-electron chi connectivity index (χ2n) is 3.32. The van der Waals surface area contributed by atoms with Crippen LogP contribution in [-0.2, 0) is 0 Å². The van der Waals surface area contributed by atoms with Crippen LogP contribution in [0.5, 0.6) is 0 Å². The Balaban J connectivity index is 2.36. The first-order chi connectivity index (χ1) is 6.25. The highest BCUT2D eigenvalue weighted by Crippen LogP contribution is 2.24. The maximum absolute atomic E-state index is 4.17. The van der Waals surface area contributed by atoms with Crippen LogP contribution in [0, 0.1) is 13.8 Å². The molecule has 0 aliphatic heterocycles. The number of nitrogens with one attached hydrogen (secondary N) is 1. The molecule has 0 radical (unpaired) electrons. The Bertz CT molecular complexity index is 236. The number of aromatic amines is 1. The first-order valence-corrected chi connectivity index (χ1v) is 5.88. The molecule has 2 nitrogen and oxygen atoms in total. The van der Waals surface area contributed by atoms with Gasteiger partial charge in [0.1, 0.15) is 0 Å². The average molecular weight is 198 g/mol. The molecule has 3 heteroatoms. The topological polar surface area (TPSA) is 28.7 Å². The van der Waals surface area contributed by atoms with Gasteiger partial charge >= 0.3 is 0 Å². The van der Waals surface area contributed by atoms with E-state index in [2.05, 4.69) is 31.0 Å². The lowest BCUT2D eigenvalue weighted by molar-refractivity contribution is 0.778. The fraction of sp³-hybridized carbons (Fsp3) is 0.700. The number of aromatic nitrogens is 2. The lowest BCUT2D eigenvalue weighted by Crippen LogP contribution is -1.82. The Morgan fingerprint density at radius 2 is 2.08 bits per heavy atom. The standard InChI is InChI=1S/C10H18N2S/c1-4-5-6-7-13-10-8(2)11-12-9(10)3/h4-7H2,1-3H3,(H,11,12). The smallest absolute Gasteiger partial charge is 0.0729 e. The number of aryl methyl sites for hydroxylation is 2. The highest BCUT2D eigenvalue weighted by Gasteiger charge is 2.05. The number of hydrogen-bond donors (Lipinski definition) is 1. The average Bonchev–Trinajstić information content (AvgIpc) is 2.42. The van der Waals surface area contributed by atoms with E-state index in [1.165, 1.54) is 35.6 Å². The van der Waals surface area contributed by atoms with E-state index in [4.69, 9.17) is 0 Å². The van der Waals surface area contributed by atoms with E-state index in [1.807, 2.05) is 11.8 Å². The summed E-state index contributed by atoms with van der Waals surface area (Å²) in [4.78, 5) is 1.34. The maximum atomic E-state index is 4.17. The van der Waals surface area contributed by atoms with Crippen molar-refractivity contribution in [3.8, 4) is 0 Å². The van der Waals surface area contributed by atoms with Gasteiger partial charge in [-0.2, -0.15) is 5.10 Å². The molecule has 1 aromatic heterocycles. The zero-order valence-corrected chi connectivity index (χ0v) is 9.50. The summed E-state index contributed by atoms with van der Waals surface area (Å²) in [6, 6.07) is 0. The second-order valence-corrected chi connectivity index (χ2v) is 4.42. The summed E-state index contributed by atoms with van der Waals surface area (Å²) in [5.41, 5.74) is 2.35. The third-order valence-corrected chi connectivity index (χ3v) is 3.44. The summed E-state index contributed by atoms with van der Waals surface area (Å²) in [7, 11) is 0. The van der Waals surface area contributed by atoms with Gasteiger partial charge in [0.15, 0.2) is 0 Å². The lowest BCUT2D eigenvalue weighted by atomic mass is 10.3. The summed E-state index contributed by atoms with van der Waals surface area (Å²) < 4.78 is 0. The van der Waals surface area contributed by atoms with Gasteiger partial charge in [-0.1, -0.05) is 19.8 Å². The van der Waals surface area contributed by atoms with E-state index in [1.54, 1.807) is 0 Å². The fourth-order valence-electron chi connectivity index (χ4n) is 1.28. The Morgan fingerprint density at radius 1 is 1.31 bits per heavy atom. The SMILES string of the molecule is CCCCCSc1c(C)n[nH]c1C. The van der Waals surface area contributed by atoms with Gasteiger partial charge in [-0.05, 0) is 26.0 Å². The summed E-state index contributed by atoms with van der Waals surface area (Å²) in [6.45, 7) is 6.38. The number of H-pyrrole nitrogens is 1. The molecule has 0 amide bonds. The van der Waals surface area contributed by atoms with Gasteiger partial charge in [-0.3, -0.25) is 5.10 Å². The first-order valence-electron chi connectivity index (χ1n) is 4.90. The molecule has 1 aromatic rings.